The van der Waals surface area contributed by atoms with Gasteiger partial charge in [-0.25, -0.2) is 0 Å². The number of methoxy groups -OCH3 is 1. The Hall–Kier alpha value is -3.61. The topological polar surface area (TPSA) is 85.4 Å². The van der Waals surface area contributed by atoms with Crippen LogP contribution >= 0.6 is 0 Å². The predicted molar refractivity (Wildman–Crippen MR) is 113 cm³/mol. The van der Waals surface area contributed by atoms with Gasteiger partial charge in [0, 0.05) is 6.54 Å². The van der Waals surface area contributed by atoms with Crippen LogP contribution in [0.2, 0.25) is 0 Å². The van der Waals surface area contributed by atoms with Gasteiger partial charge in [0.2, 0.25) is 0 Å². The second kappa shape index (κ2) is 10.1. The number of carbonyl (C=O) groups excluding carboxylic acids is 1. The van der Waals surface area contributed by atoms with E-state index in [0.717, 1.165) is 17.7 Å². The molecule has 0 spiro atoms. The Morgan fingerprint density at radius 3 is 2.66 bits per heavy atom. The Balaban J connectivity index is 1.55. The molecule has 2 N–H and O–H groups in total. The Morgan fingerprint density at radius 1 is 1.03 bits per heavy atom. The summed E-state index contributed by atoms with van der Waals surface area (Å²) >= 11 is 0. The van der Waals surface area contributed by atoms with E-state index < -0.39 is 0 Å². The van der Waals surface area contributed by atoms with Crippen LogP contribution in [0.25, 0.3) is 0 Å². The second-order valence-corrected chi connectivity index (χ2v) is 6.22. The van der Waals surface area contributed by atoms with Gasteiger partial charge in [-0.3, -0.25) is 4.79 Å². The summed E-state index contributed by atoms with van der Waals surface area (Å²) in [7, 11) is 1.65. The van der Waals surface area contributed by atoms with E-state index >= 15 is 0 Å². The Labute approximate surface area is 170 Å². The van der Waals surface area contributed by atoms with Gasteiger partial charge in [0.1, 0.15) is 17.3 Å². The molecule has 1 aromatic heterocycles. The SMILES string of the molecule is CCOc1ccccc1NC(=O)c1ccc(NCCc2cccc(OC)c2)nn1. The molecule has 3 aromatic rings. The molecule has 7 heteroatoms. The lowest BCUT2D eigenvalue weighted by Gasteiger charge is -2.11. The van der Waals surface area contributed by atoms with Crippen LogP contribution in [0, 0.1) is 0 Å². The number of aromatic nitrogens is 2. The number of rotatable bonds is 9. The van der Waals surface area contributed by atoms with Crippen LogP contribution in [0.5, 0.6) is 11.5 Å². The smallest absolute Gasteiger partial charge is 0.276 e. The molecule has 7 nitrogen and oxygen atoms in total. The maximum atomic E-state index is 12.4. The molecule has 0 bridgehead atoms. The molecular weight excluding hydrogens is 368 g/mol. The number of ether oxygens (including phenoxy) is 2. The molecule has 0 saturated carbocycles. The lowest BCUT2D eigenvalue weighted by molar-refractivity contribution is 0.102. The van der Waals surface area contributed by atoms with E-state index in [1.807, 2.05) is 43.3 Å². The predicted octanol–water partition coefficient (Wildman–Crippen LogP) is 3.79. The third-order valence-corrected chi connectivity index (χ3v) is 4.19. The van der Waals surface area contributed by atoms with Crippen LogP contribution in [0.1, 0.15) is 23.0 Å². The van der Waals surface area contributed by atoms with Crippen LogP contribution in [-0.4, -0.2) is 36.4 Å². The van der Waals surface area contributed by atoms with Crippen molar-refractivity contribution in [1.82, 2.24) is 10.2 Å². The average Bonchev–Trinajstić information content (AvgIpc) is 2.76. The van der Waals surface area contributed by atoms with Gasteiger partial charge in [0.05, 0.1) is 19.4 Å². The Morgan fingerprint density at radius 2 is 1.90 bits per heavy atom. The molecule has 0 fully saturated rings. The van der Waals surface area contributed by atoms with Gasteiger partial charge in [-0.2, -0.15) is 0 Å². The summed E-state index contributed by atoms with van der Waals surface area (Å²) in [4.78, 5) is 12.4. The number of nitrogens with zero attached hydrogens (tertiary/aromatic N) is 2. The Kier molecular flexibility index (Phi) is 7.00. The number of nitrogens with one attached hydrogen (secondary N) is 2. The van der Waals surface area contributed by atoms with Crippen molar-refractivity contribution in [3.8, 4) is 11.5 Å². The van der Waals surface area contributed by atoms with E-state index in [2.05, 4.69) is 20.8 Å². The molecular formula is C22H24N4O3. The molecule has 0 aliphatic rings. The minimum absolute atomic E-state index is 0.231. The molecule has 0 aliphatic carbocycles. The van der Waals surface area contributed by atoms with Crippen molar-refractivity contribution in [1.29, 1.82) is 0 Å². The first-order valence-electron chi connectivity index (χ1n) is 9.43. The standard InChI is InChI=1S/C22H24N4O3/c1-3-29-20-10-5-4-9-18(20)24-22(27)19-11-12-21(26-25-19)23-14-13-16-7-6-8-17(15-16)28-2/h4-12,15H,3,13-14H2,1-2H3,(H,23,26)(H,24,27). The maximum Gasteiger partial charge on any atom is 0.276 e. The molecule has 0 radical (unpaired) electrons. The van der Waals surface area contributed by atoms with E-state index in [0.29, 0.717) is 30.4 Å². The molecule has 0 aliphatic heterocycles. The molecule has 29 heavy (non-hydrogen) atoms. The van der Waals surface area contributed by atoms with Crippen LogP contribution < -0.4 is 20.1 Å². The third kappa shape index (κ3) is 5.68. The van der Waals surface area contributed by atoms with Crippen LogP contribution in [-0.2, 0) is 6.42 Å². The fraction of sp³-hybridized carbons (Fsp3) is 0.227. The first-order chi connectivity index (χ1) is 14.2. The normalized spacial score (nSPS) is 10.3. The van der Waals surface area contributed by atoms with E-state index in [9.17, 15) is 4.79 Å². The first kappa shape index (κ1) is 20.1. The van der Waals surface area contributed by atoms with Crippen molar-refractivity contribution in [3.05, 3.63) is 71.9 Å². The number of hydrogen-bond acceptors (Lipinski definition) is 6. The first-order valence-corrected chi connectivity index (χ1v) is 9.43. The van der Waals surface area contributed by atoms with Gasteiger partial charge in [-0.05, 0) is 55.3 Å². The van der Waals surface area contributed by atoms with Crippen molar-refractivity contribution in [2.75, 3.05) is 30.9 Å². The summed E-state index contributed by atoms with van der Waals surface area (Å²) in [5.41, 5.74) is 1.99. The molecule has 1 heterocycles. The monoisotopic (exact) mass is 392 g/mol. The highest BCUT2D eigenvalue weighted by atomic mass is 16.5. The number of anilines is 2. The number of para-hydroxylation sites is 2. The molecule has 150 valence electrons. The van der Waals surface area contributed by atoms with Crippen molar-refractivity contribution < 1.29 is 14.3 Å². The van der Waals surface area contributed by atoms with Crippen molar-refractivity contribution in [3.63, 3.8) is 0 Å². The summed E-state index contributed by atoms with van der Waals surface area (Å²) in [5.74, 6) is 1.72. The highest BCUT2D eigenvalue weighted by Crippen LogP contribution is 2.24. The van der Waals surface area contributed by atoms with Crippen molar-refractivity contribution in [2.24, 2.45) is 0 Å². The van der Waals surface area contributed by atoms with Gasteiger partial charge >= 0.3 is 0 Å². The van der Waals surface area contributed by atoms with Crippen LogP contribution in [0.3, 0.4) is 0 Å². The van der Waals surface area contributed by atoms with E-state index in [-0.39, 0.29) is 11.6 Å². The van der Waals surface area contributed by atoms with Gasteiger partial charge in [-0.1, -0.05) is 24.3 Å². The molecule has 2 aromatic carbocycles. The largest absolute Gasteiger partial charge is 0.497 e. The Bertz CT molecular complexity index is 945. The summed E-state index contributed by atoms with van der Waals surface area (Å²) in [6, 6.07) is 18.6. The minimum Gasteiger partial charge on any atom is -0.497 e. The quantitative estimate of drug-likeness (QED) is 0.576. The zero-order valence-electron chi connectivity index (χ0n) is 16.5. The molecule has 3 rings (SSSR count). The highest BCUT2D eigenvalue weighted by molar-refractivity contribution is 6.03. The van der Waals surface area contributed by atoms with Crippen LogP contribution in [0.4, 0.5) is 11.5 Å². The zero-order chi connectivity index (χ0) is 20.5. The van der Waals surface area contributed by atoms with Crippen molar-refractivity contribution >= 4 is 17.4 Å². The number of amides is 1. The average molecular weight is 392 g/mol. The molecule has 1 amide bonds. The minimum atomic E-state index is -0.340. The summed E-state index contributed by atoms with van der Waals surface area (Å²) < 4.78 is 10.7. The fourth-order valence-corrected chi connectivity index (χ4v) is 2.75. The number of carbonyl (C=O) groups is 1. The number of benzene rings is 2. The lowest BCUT2D eigenvalue weighted by atomic mass is 10.1. The van der Waals surface area contributed by atoms with E-state index in [4.69, 9.17) is 9.47 Å². The highest BCUT2D eigenvalue weighted by Gasteiger charge is 2.11. The van der Waals surface area contributed by atoms with Gasteiger partial charge in [0.25, 0.3) is 5.91 Å². The summed E-state index contributed by atoms with van der Waals surface area (Å²) in [5, 5.41) is 14.1. The van der Waals surface area contributed by atoms with Gasteiger partial charge in [-0.15, -0.1) is 10.2 Å². The fourth-order valence-electron chi connectivity index (χ4n) is 2.75. The molecule has 0 atom stereocenters. The van der Waals surface area contributed by atoms with E-state index in [1.165, 1.54) is 0 Å². The number of hydrogen-bond donors (Lipinski definition) is 2. The zero-order valence-corrected chi connectivity index (χ0v) is 16.5. The summed E-state index contributed by atoms with van der Waals surface area (Å²) in [6.07, 6.45) is 0.815. The molecule has 0 unspecified atom stereocenters. The maximum absolute atomic E-state index is 12.4. The van der Waals surface area contributed by atoms with Crippen molar-refractivity contribution in [2.45, 2.75) is 13.3 Å². The molecule has 0 saturated heterocycles. The van der Waals surface area contributed by atoms with Crippen LogP contribution in [0.15, 0.2) is 60.7 Å². The van der Waals surface area contributed by atoms with Gasteiger partial charge < -0.3 is 20.1 Å². The van der Waals surface area contributed by atoms with Gasteiger partial charge in [0.15, 0.2) is 5.69 Å². The second-order valence-electron chi connectivity index (χ2n) is 6.22. The lowest BCUT2D eigenvalue weighted by Crippen LogP contribution is -2.16. The van der Waals surface area contributed by atoms with E-state index in [1.54, 1.807) is 31.4 Å². The third-order valence-electron chi connectivity index (χ3n) is 4.19. The summed E-state index contributed by atoms with van der Waals surface area (Å²) in [6.45, 7) is 3.10.